The van der Waals surface area contributed by atoms with Gasteiger partial charge in [0, 0.05) is 23.4 Å². The number of piperidine rings is 1. The molecular weight excluding hydrogens is 272 g/mol. The summed E-state index contributed by atoms with van der Waals surface area (Å²) in [7, 11) is 0. The van der Waals surface area contributed by atoms with Crippen LogP contribution in [0.1, 0.15) is 43.5 Å². The molecule has 1 fully saturated rings. The van der Waals surface area contributed by atoms with Crippen LogP contribution in [0.2, 0.25) is 0 Å². The van der Waals surface area contributed by atoms with E-state index in [1.165, 1.54) is 22.2 Å². The van der Waals surface area contributed by atoms with E-state index in [1.54, 1.807) is 0 Å². The summed E-state index contributed by atoms with van der Waals surface area (Å²) in [5.41, 5.74) is 4.10. The number of para-hydroxylation sites is 1. The fourth-order valence-electron chi connectivity index (χ4n) is 5.40. The highest BCUT2D eigenvalue weighted by Crippen LogP contribution is 2.58. The molecule has 1 aromatic carbocycles. The van der Waals surface area contributed by atoms with E-state index in [4.69, 9.17) is 0 Å². The lowest BCUT2D eigenvalue weighted by atomic mass is 9.66. The summed E-state index contributed by atoms with van der Waals surface area (Å²) >= 11 is 0. The van der Waals surface area contributed by atoms with Crippen LogP contribution < -0.4 is 0 Å². The minimum absolute atomic E-state index is 0.00149. The maximum Gasteiger partial charge on any atom is 0.139 e. The molecule has 2 aromatic rings. The van der Waals surface area contributed by atoms with Crippen LogP contribution in [0.4, 0.5) is 0 Å². The monoisotopic (exact) mass is 294 g/mol. The molecule has 4 heterocycles. The molecule has 0 radical (unpaired) electrons. The van der Waals surface area contributed by atoms with Gasteiger partial charge in [0.15, 0.2) is 0 Å². The molecule has 0 aliphatic carbocycles. The Kier molecular flexibility index (Phi) is 2.37. The van der Waals surface area contributed by atoms with E-state index in [2.05, 4.69) is 48.0 Å². The van der Waals surface area contributed by atoms with E-state index >= 15 is 0 Å². The molecular formula is C19H22N2O. The summed E-state index contributed by atoms with van der Waals surface area (Å²) in [6.07, 6.45) is 8.83. The number of nitrogens with zero attached hydrogens (tertiary/aromatic N) is 2. The molecule has 3 aliphatic heterocycles. The van der Waals surface area contributed by atoms with Gasteiger partial charge in [-0.25, -0.2) is 0 Å². The Balaban J connectivity index is 1.88. The first kappa shape index (κ1) is 12.9. The third kappa shape index (κ3) is 1.35. The summed E-state index contributed by atoms with van der Waals surface area (Å²) in [6, 6.07) is 8.75. The number of hydroxylamine groups is 3. The van der Waals surface area contributed by atoms with Crippen LogP contribution in [0.15, 0.2) is 30.3 Å². The lowest BCUT2D eigenvalue weighted by Crippen LogP contribution is -2.59. The van der Waals surface area contributed by atoms with Crippen molar-refractivity contribution in [3.8, 4) is 0 Å². The molecule has 3 aliphatic rings. The SMILES string of the molecule is CC[C@@]12C=Cn3c4c(c5ccccc53)CC[N+]([O-])(CCC1)[C@H]42. The van der Waals surface area contributed by atoms with E-state index in [-0.39, 0.29) is 16.1 Å². The predicted molar refractivity (Wildman–Crippen MR) is 89.0 cm³/mol. The highest BCUT2D eigenvalue weighted by Gasteiger charge is 2.54. The predicted octanol–water partition coefficient (Wildman–Crippen LogP) is 4.23. The molecule has 22 heavy (non-hydrogen) atoms. The van der Waals surface area contributed by atoms with Crippen molar-refractivity contribution in [3.63, 3.8) is 0 Å². The van der Waals surface area contributed by atoms with Crippen molar-refractivity contribution in [2.45, 2.75) is 38.6 Å². The molecule has 0 saturated carbocycles. The lowest BCUT2D eigenvalue weighted by molar-refractivity contribution is -0.927. The number of quaternary nitrogens is 1. The van der Waals surface area contributed by atoms with Crippen LogP contribution in [-0.2, 0) is 6.42 Å². The summed E-state index contributed by atoms with van der Waals surface area (Å²) in [4.78, 5) is 0. The standard InChI is InChI=1S/C19H22N2O/c1-2-19-9-5-12-21(22)13-8-15-14-6-3-4-7-16(14)20(11-10-19)17(15)18(19)21/h3-4,6-7,10-11,18H,2,5,8-9,12-13H2,1H3/t18-,19+,21?/m1/s1. The van der Waals surface area contributed by atoms with Crippen molar-refractivity contribution in [2.75, 3.05) is 13.1 Å². The maximum absolute atomic E-state index is 13.6. The van der Waals surface area contributed by atoms with Gasteiger partial charge in [-0.05, 0) is 30.9 Å². The summed E-state index contributed by atoms with van der Waals surface area (Å²) in [5.74, 6) is 0. The molecule has 3 heteroatoms. The van der Waals surface area contributed by atoms with Gasteiger partial charge in [0.25, 0.3) is 0 Å². The molecule has 1 aromatic heterocycles. The molecule has 1 saturated heterocycles. The Morgan fingerprint density at radius 2 is 2.18 bits per heavy atom. The fraction of sp³-hybridized carbons (Fsp3) is 0.474. The van der Waals surface area contributed by atoms with Gasteiger partial charge >= 0.3 is 0 Å². The van der Waals surface area contributed by atoms with E-state index in [1.807, 2.05) is 0 Å². The number of fused-ring (bicyclic) bond motifs is 3. The second kappa shape index (κ2) is 4.03. The molecule has 0 spiro atoms. The third-order valence-corrected chi connectivity index (χ3v) is 6.46. The molecule has 114 valence electrons. The molecule has 0 bridgehead atoms. The highest BCUT2D eigenvalue weighted by atomic mass is 16.5. The number of aromatic nitrogens is 1. The van der Waals surface area contributed by atoms with Gasteiger partial charge in [-0.3, -0.25) is 0 Å². The summed E-state index contributed by atoms with van der Waals surface area (Å²) in [6.45, 7) is 3.80. The topological polar surface area (TPSA) is 28.0 Å². The Labute approximate surface area is 131 Å². The van der Waals surface area contributed by atoms with Crippen LogP contribution >= 0.6 is 0 Å². The quantitative estimate of drug-likeness (QED) is 0.571. The number of rotatable bonds is 1. The number of hydrogen-bond donors (Lipinski definition) is 0. The fourth-order valence-corrected chi connectivity index (χ4v) is 5.40. The van der Waals surface area contributed by atoms with Gasteiger partial charge in [-0.2, -0.15) is 0 Å². The van der Waals surface area contributed by atoms with Crippen LogP contribution in [0.5, 0.6) is 0 Å². The zero-order valence-corrected chi connectivity index (χ0v) is 13.1. The van der Waals surface area contributed by atoms with Crippen molar-refractivity contribution in [2.24, 2.45) is 5.41 Å². The smallest absolute Gasteiger partial charge is 0.139 e. The van der Waals surface area contributed by atoms with Gasteiger partial charge < -0.3 is 14.4 Å². The molecule has 3 nitrogen and oxygen atoms in total. The van der Waals surface area contributed by atoms with Crippen LogP contribution in [0.25, 0.3) is 17.1 Å². The second-order valence-corrected chi connectivity index (χ2v) is 7.31. The first-order valence-corrected chi connectivity index (χ1v) is 8.57. The van der Waals surface area contributed by atoms with Crippen LogP contribution in [0, 0.1) is 10.6 Å². The molecule has 1 unspecified atom stereocenters. The van der Waals surface area contributed by atoms with Crippen molar-refractivity contribution in [3.05, 3.63) is 46.8 Å². The zero-order valence-electron chi connectivity index (χ0n) is 13.1. The minimum atomic E-state index is 0.00149. The van der Waals surface area contributed by atoms with Crippen molar-refractivity contribution in [1.29, 1.82) is 0 Å². The van der Waals surface area contributed by atoms with Gasteiger partial charge in [-0.15, -0.1) is 0 Å². The van der Waals surface area contributed by atoms with E-state index in [0.717, 1.165) is 38.8 Å². The summed E-state index contributed by atoms with van der Waals surface area (Å²) < 4.78 is 2.32. The van der Waals surface area contributed by atoms with Gasteiger partial charge in [0.1, 0.15) is 6.04 Å². The Hall–Kier alpha value is -1.58. The van der Waals surface area contributed by atoms with Crippen LogP contribution in [0.3, 0.4) is 0 Å². The largest absolute Gasteiger partial charge is 0.632 e. The van der Waals surface area contributed by atoms with Gasteiger partial charge in [0.05, 0.1) is 24.3 Å². The molecule has 0 N–H and O–H groups in total. The van der Waals surface area contributed by atoms with Crippen molar-refractivity contribution in [1.82, 2.24) is 4.57 Å². The number of benzene rings is 1. The Morgan fingerprint density at radius 3 is 3.05 bits per heavy atom. The van der Waals surface area contributed by atoms with Gasteiger partial charge in [0.2, 0.25) is 0 Å². The van der Waals surface area contributed by atoms with Gasteiger partial charge in [-0.1, -0.05) is 31.2 Å². The average molecular weight is 294 g/mol. The van der Waals surface area contributed by atoms with E-state index in [9.17, 15) is 5.21 Å². The zero-order chi connectivity index (χ0) is 14.9. The van der Waals surface area contributed by atoms with Crippen molar-refractivity contribution >= 4 is 17.1 Å². The number of hydrogen-bond acceptors (Lipinski definition) is 1. The average Bonchev–Trinajstić information content (AvgIpc) is 2.87. The van der Waals surface area contributed by atoms with Crippen LogP contribution in [-0.4, -0.2) is 22.3 Å². The molecule has 5 rings (SSSR count). The van der Waals surface area contributed by atoms with Crippen molar-refractivity contribution < 1.29 is 4.65 Å². The first-order valence-electron chi connectivity index (χ1n) is 8.57. The van der Waals surface area contributed by atoms with E-state index in [0.29, 0.717) is 0 Å². The summed E-state index contributed by atoms with van der Waals surface area (Å²) in [5, 5.41) is 14.9. The normalized spacial score (nSPS) is 35.6. The molecule has 3 atom stereocenters. The highest BCUT2D eigenvalue weighted by molar-refractivity contribution is 5.88. The first-order chi connectivity index (χ1) is 10.7. The minimum Gasteiger partial charge on any atom is -0.632 e. The van der Waals surface area contributed by atoms with E-state index < -0.39 is 0 Å². The second-order valence-electron chi connectivity index (χ2n) is 7.31. The Morgan fingerprint density at radius 1 is 1.32 bits per heavy atom. The molecule has 0 amide bonds. The Bertz CT molecular complexity index is 805. The maximum atomic E-state index is 13.6. The lowest BCUT2D eigenvalue weighted by Gasteiger charge is -2.61. The third-order valence-electron chi connectivity index (χ3n) is 6.46.